The molecule has 3 rings (SSSR count). The van der Waals surface area contributed by atoms with Crippen molar-refractivity contribution in [2.24, 2.45) is 5.92 Å². The van der Waals surface area contributed by atoms with Gasteiger partial charge in [-0.05, 0) is 69.2 Å². The summed E-state index contributed by atoms with van der Waals surface area (Å²) in [6, 6.07) is 6.50. The Morgan fingerprint density at radius 3 is 2.45 bits per heavy atom. The van der Waals surface area contributed by atoms with E-state index in [0.29, 0.717) is 17.2 Å². The van der Waals surface area contributed by atoms with Gasteiger partial charge in [0.1, 0.15) is 6.42 Å². The standard InChI is InChI=1S/C23H31F3N4O/c1-17-20(23(24,25)26)3-2-4-21(17)30-15-13-29(14-16-30)12-10-18-5-7-19(8-6-18)28-22(31)9-11-27/h2-4,18-19H,5-10,12-16H2,1H3,(H,28,31)/t18-,19-. The predicted octanol–water partition coefficient (Wildman–Crippen LogP) is 4.11. The number of piperazine rings is 1. The van der Waals surface area contributed by atoms with Gasteiger partial charge in [0.25, 0.3) is 0 Å². The maximum absolute atomic E-state index is 13.2. The lowest BCUT2D eigenvalue weighted by atomic mass is 9.84. The molecule has 31 heavy (non-hydrogen) atoms. The van der Waals surface area contributed by atoms with Crippen molar-refractivity contribution in [3.05, 3.63) is 29.3 Å². The fourth-order valence-corrected chi connectivity index (χ4v) is 4.80. The normalized spacial score (nSPS) is 22.7. The first-order valence-electron chi connectivity index (χ1n) is 11.1. The first-order chi connectivity index (χ1) is 14.8. The third-order valence-electron chi connectivity index (χ3n) is 6.63. The van der Waals surface area contributed by atoms with Gasteiger partial charge in [-0.3, -0.25) is 9.69 Å². The van der Waals surface area contributed by atoms with Gasteiger partial charge < -0.3 is 10.2 Å². The quantitative estimate of drug-likeness (QED) is 0.729. The van der Waals surface area contributed by atoms with Crippen LogP contribution >= 0.6 is 0 Å². The Bertz CT molecular complexity index is 789. The molecule has 0 aromatic heterocycles. The molecule has 8 heteroatoms. The monoisotopic (exact) mass is 436 g/mol. The molecule has 0 bridgehead atoms. The smallest absolute Gasteiger partial charge is 0.369 e. The fraction of sp³-hybridized carbons (Fsp3) is 0.652. The minimum absolute atomic E-state index is 0.0775. The molecule has 0 atom stereocenters. The van der Waals surface area contributed by atoms with Gasteiger partial charge in [-0.1, -0.05) is 6.07 Å². The third-order valence-corrected chi connectivity index (χ3v) is 6.63. The summed E-state index contributed by atoms with van der Waals surface area (Å²) in [6.45, 7) is 5.75. The van der Waals surface area contributed by atoms with Gasteiger partial charge in [0.2, 0.25) is 5.91 Å². The van der Waals surface area contributed by atoms with E-state index in [9.17, 15) is 18.0 Å². The molecule has 1 N–H and O–H groups in total. The van der Waals surface area contributed by atoms with E-state index in [0.717, 1.165) is 70.9 Å². The number of benzene rings is 1. The SMILES string of the molecule is Cc1c(N2CCN(CC[C@H]3CC[C@H](NC(=O)CC#N)CC3)CC2)cccc1C(F)(F)F. The molecule has 0 unspecified atom stereocenters. The van der Waals surface area contributed by atoms with Crippen LogP contribution in [0.3, 0.4) is 0 Å². The van der Waals surface area contributed by atoms with Crippen LogP contribution < -0.4 is 10.2 Å². The number of halogens is 3. The van der Waals surface area contributed by atoms with E-state index < -0.39 is 11.7 Å². The highest BCUT2D eigenvalue weighted by atomic mass is 19.4. The molecule has 0 radical (unpaired) electrons. The minimum atomic E-state index is -4.32. The van der Waals surface area contributed by atoms with Gasteiger partial charge in [-0.25, -0.2) is 0 Å². The number of anilines is 1. The minimum Gasteiger partial charge on any atom is -0.369 e. The van der Waals surface area contributed by atoms with E-state index >= 15 is 0 Å². The average molecular weight is 437 g/mol. The summed E-state index contributed by atoms with van der Waals surface area (Å²) < 4.78 is 39.6. The van der Waals surface area contributed by atoms with Crippen molar-refractivity contribution in [3.8, 4) is 6.07 Å². The van der Waals surface area contributed by atoms with Crippen LogP contribution in [0.1, 0.15) is 49.7 Å². The maximum Gasteiger partial charge on any atom is 0.416 e. The van der Waals surface area contributed by atoms with E-state index in [1.54, 1.807) is 13.0 Å². The van der Waals surface area contributed by atoms with Crippen LogP contribution in [0.2, 0.25) is 0 Å². The molecule has 0 spiro atoms. The van der Waals surface area contributed by atoms with Crippen LogP contribution in [0.15, 0.2) is 18.2 Å². The van der Waals surface area contributed by atoms with E-state index in [2.05, 4.69) is 15.1 Å². The van der Waals surface area contributed by atoms with Crippen LogP contribution in [0.4, 0.5) is 18.9 Å². The van der Waals surface area contributed by atoms with E-state index in [1.807, 2.05) is 6.07 Å². The Kier molecular flexibility index (Phi) is 7.82. The highest BCUT2D eigenvalue weighted by Crippen LogP contribution is 2.36. The van der Waals surface area contributed by atoms with Gasteiger partial charge >= 0.3 is 6.18 Å². The Hall–Kier alpha value is -2.27. The van der Waals surface area contributed by atoms with Gasteiger partial charge in [0, 0.05) is 37.9 Å². The Morgan fingerprint density at radius 1 is 1.16 bits per heavy atom. The number of carbonyl (C=O) groups excluding carboxylic acids is 1. The van der Waals surface area contributed by atoms with Crippen molar-refractivity contribution < 1.29 is 18.0 Å². The van der Waals surface area contributed by atoms with Crippen molar-refractivity contribution in [2.45, 2.75) is 57.7 Å². The van der Waals surface area contributed by atoms with Crippen molar-refractivity contribution in [1.29, 1.82) is 5.26 Å². The number of amides is 1. The average Bonchev–Trinajstić information content (AvgIpc) is 2.73. The van der Waals surface area contributed by atoms with Crippen LogP contribution in [-0.2, 0) is 11.0 Å². The van der Waals surface area contributed by atoms with Crippen LogP contribution in [0.25, 0.3) is 0 Å². The molecule has 170 valence electrons. The molecule has 5 nitrogen and oxygen atoms in total. The summed E-state index contributed by atoms with van der Waals surface area (Å²) in [6.07, 6.45) is 0.809. The molecular weight excluding hydrogens is 405 g/mol. The van der Waals surface area contributed by atoms with Crippen molar-refractivity contribution in [1.82, 2.24) is 10.2 Å². The lowest BCUT2D eigenvalue weighted by Gasteiger charge is -2.38. The van der Waals surface area contributed by atoms with Gasteiger partial charge in [-0.15, -0.1) is 0 Å². The molecule has 1 heterocycles. The molecule has 1 aliphatic heterocycles. The summed E-state index contributed by atoms with van der Waals surface area (Å²) in [7, 11) is 0. The molecule has 2 aliphatic rings. The summed E-state index contributed by atoms with van der Waals surface area (Å²) in [5.41, 5.74) is 0.445. The molecular formula is C23H31F3N4O. The fourth-order valence-electron chi connectivity index (χ4n) is 4.80. The zero-order valence-corrected chi connectivity index (χ0v) is 18.0. The van der Waals surface area contributed by atoms with E-state index in [-0.39, 0.29) is 18.4 Å². The highest BCUT2D eigenvalue weighted by Gasteiger charge is 2.34. The van der Waals surface area contributed by atoms with Crippen LogP contribution in [0, 0.1) is 24.2 Å². The number of hydrogen-bond donors (Lipinski definition) is 1. The summed E-state index contributed by atoms with van der Waals surface area (Å²) >= 11 is 0. The lowest BCUT2D eigenvalue weighted by molar-refractivity contribution is -0.138. The number of nitrogens with one attached hydrogen (secondary N) is 1. The first-order valence-corrected chi connectivity index (χ1v) is 11.1. The zero-order valence-electron chi connectivity index (χ0n) is 18.0. The van der Waals surface area contributed by atoms with Gasteiger partial charge in [0.05, 0.1) is 11.6 Å². The molecule has 1 aromatic rings. The summed E-state index contributed by atoms with van der Waals surface area (Å²) in [5, 5.41) is 11.5. The van der Waals surface area contributed by atoms with Crippen molar-refractivity contribution in [2.75, 3.05) is 37.6 Å². The van der Waals surface area contributed by atoms with Crippen molar-refractivity contribution in [3.63, 3.8) is 0 Å². The predicted molar refractivity (Wildman–Crippen MR) is 114 cm³/mol. The number of rotatable bonds is 6. The second-order valence-corrected chi connectivity index (χ2v) is 8.68. The number of nitrogens with zero attached hydrogens (tertiary/aromatic N) is 3. The molecule has 2 fully saturated rings. The van der Waals surface area contributed by atoms with E-state index in [1.165, 1.54) is 6.07 Å². The molecule has 1 aliphatic carbocycles. The van der Waals surface area contributed by atoms with Gasteiger partial charge in [-0.2, -0.15) is 18.4 Å². The highest BCUT2D eigenvalue weighted by molar-refractivity contribution is 5.78. The molecule has 1 saturated carbocycles. The van der Waals surface area contributed by atoms with Gasteiger partial charge in [0.15, 0.2) is 0 Å². The second kappa shape index (κ2) is 10.4. The maximum atomic E-state index is 13.2. The van der Waals surface area contributed by atoms with Crippen molar-refractivity contribution >= 4 is 11.6 Å². The number of alkyl halides is 3. The molecule has 1 saturated heterocycles. The van der Waals surface area contributed by atoms with E-state index in [4.69, 9.17) is 5.26 Å². The number of hydrogen-bond acceptors (Lipinski definition) is 4. The first kappa shape index (κ1) is 23.4. The number of carbonyl (C=O) groups is 1. The Labute approximate surface area is 182 Å². The Morgan fingerprint density at radius 2 is 1.84 bits per heavy atom. The largest absolute Gasteiger partial charge is 0.416 e. The van der Waals surface area contributed by atoms with Crippen LogP contribution in [0.5, 0.6) is 0 Å². The number of nitriles is 1. The lowest BCUT2D eigenvalue weighted by Crippen LogP contribution is -2.47. The topological polar surface area (TPSA) is 59.4 Å². The molecule has 1 amide bonds. The zero-order chi connectivity index (χ0) is 22.4. The molecule has 1 aromatic carbocycles. The third kappa shape index (κ3) is 6.36. The summed E-state index contributed by atoms with van der Waals surface area (Å²) in [5.74, 6) is 0.465. The second-order valence-electron chi connectivity index (χ2n) is 8.68. The summed E-state index contributed by atoms with van der Waals surface area (Å²) in [4.78, 5) is 16.0. The Balaban J connectivity index is 1.41. The van der Waals surface area contributed by atoms with Crippen LogP contribution in [-0.4, -0.2) is 49.6 Å².